The Morgan fingerprint density at radius 1 is 1.21 bits per heavy atom. The molecular weight excluding hydrogens is 242 g/mol. The molecule has 0 radical (unpaired) electrons. The molecule has 3 rings (SSSR count). The Labute approximate surface area is 109 Å². The summed E-state index contributed by atoms with van der Waals surface area (Å²) in [6.45, 7) is 0. The highest BCUT2D eigenvalue weighted by atomic mass is 16.3. The second-order valence-corrected chi connectivity index (χ2v) is 4.05. The maximum atomic E-state index is 10.6. The van der Waals surface area contributed by atoms with Crippen LogP contribution in [0.2, 0.25) is 0 Å². The van der Waals surface area contributed by atoms with Crippen molar-refractivity contribution in [2.75, 3.05) is 5.73 Å². The lowest BCUT2D eigenvalue weighted by molar-refractivity contribution is 0.110. The first kappa shape index (κ1) is 11.3. The number of hydrogen-bond donors (Lipinski definition) is 1. The number of hydrogen-bond acceptors (Lipinski definition) is 4. The van der Waals surface area contributed by atoms with Crippen LogP contribution in [0.15, 0.2) is 53.2 Å². The van der Waals surface area contributed by atoms with Gasteiger partial charge in [-0.05, 0) is 24.3 Å². The fraction of sp³-hybridized carbons (Fsp3) is 0. The van der Waals surface area contributed by atoms with Gasteiger partial charge in [0.15, 0.2) is 12.0 Å². The number of nitrogen functional groups attached to an aromatic ring is 1. The summed E-state index contributed by atoms with van der Waals surface area (Å²) < 4.78 is 7.02. The van der Waals surface area contributed by atoms with Gasteiger partial charge in [-0.3, -0.25) is 4.79 Å². The summed E-state index contributed by atoms with van der Waals surface area (Å²) in [5.41, 5.74) is 8.13. The van der Waals surface area contributed by atoms with Crippen molar-refractivity contribution in [2.24, 2.45) is 0 Å². The van der Waals surface area contributed by atoms with Crippen molar-refractivity contribution in [3.63, 3.8) is 0 Å². The van der Waals surface area contributed by atoms with Crippen molar-refractivity contribution < 1.29 is 9.21 Å². The van der Waals surface area contributed by atoms with Crippen molar-refractivity contribution in [3.05, 3.63) is 54.6 Å². The molecule has 0 unspecified atom stereocenters. The van der Waals surface area contributed by atoms with E-state index in [1.807, 2.05) is 24.3 Å². The SMILES string of the molecule is Nc1ccccc1-n1cc(-c2ccc(C=O)o2)cn1. The van der Waals surface area contributed by atoms with E-state index < -0.39 is 0 Å². The molecule has 3 aromatic rings. The normalized spacial score (nSPS) is 10.5. The van der Waals surface area contributed by atoms with Crippen LogP contribution < -0.4 is 5.73 Å². The van der Waals surface area contributed by atoms with E-state index in [9.17, 15) is 4.79 Å². The Hall–Kier alpha value is -2.82. The number of nitrogens with two attached hydrogens (primary N) is 1. The smallest absolute Gasteiger partial charge is 0.185 e. The van der Waals surface area contributed by atoms with E-state index in [4.69, 9.17) is 10.2 Å². The summed E-state index contributed by atoms with van der Waals surface area (Å²) in [5, 5.41) is 4.25. The van der Waals surface area contributed by atoms with Crippen LogP contribution in [0.1, 0.15) is 10.6 Å². The summed E-state index contributed by atoms with van der Waals surface area (Å²) in [5.74, 6) is 0.893. The Balaban J connectivity index is 2.00. The second kappa shape index (κ2) is 4.45. The molecule has 1 aromatic carbocycles. The Kier molecular flexibility index (Phi) is 2.64. The number of furan rings is 1. The maximum Gasteiger partial charge on any atom is 0.185 e. The number of para-hydroxylation sites is 2. The molecule has 0 amide bonds. The van der Waals surface area contributed by atoms with Crippen molar-refractivity contribution in [1.82, 2.24) is 9.78 Å². The van der Waals surface area contributed by atoms with Gasteiger partial charge < -0.3 is 10.2 Å². The Morgan fingerprint density at radius 2 is 2.05 bits per heavy atom. The van der Waals surface area contributed by atoms with Crippen LogP contribution in [-0.2, 0) is 0 Å². The molecule has 0 saturated heterocycles. The molecular formula is C14H11N3O2. The minimum Gasteiger partial charge on any atom is -0.453 e. The molecule has 2 N–H and O–H groups in total. The van der Waals surface area contributed by atoms with E-state index in [2.05, 4.69) is 5.10 Å². The number of aldehydes is 1. The van der Waals surface area contributed by atoms with E-state index >= 15 is 0 Å². The lowest BCUT2D eigenvalue weighted by Gasteiger charge is -2.03. The van der Waals surface area contributed by atoms with Crippen molar-refractivity contribution >= 4 is 12.0 Å². The average molecular weight is 253 g/mol. The second-order valence-electron chi connectivity index (χ2n) is 4.05. The van der Waals surface area contributed by atoms with Gasteiger partial charge in [-0.2, -0.15) is 5.10 Å². The first-order chi connectivity index (χ1) is 9.28. The number of nitrogens with zero attached hydrogens (tertiary/aromatic N) is 2. The third-order valence-corrected chi connectivity index (χ3v) is 2.79. The van der Waals surface area contributed by atoms with Gasteiger partial charge in [0.1, 0.15) is 5.76 Å². The van der Waals surface area contributed by atoms with Crippen LogP contribution in [0, 0.1) is 0 Å². The monoisotopic (exact) mass is 253 g/mol. The van der Waals surface area contributed by atoms with Gasteiger partial charge in [0.05, 0.1) is 23.1 Å². The molecule has 0 spiro atoms. The molecule has 19 heavy (non-hydrogen) atoms. The standard InChI is InChI=1S/C14H11N3O2/c15-12-3-1-2-4-13(12)17-8-10(7-16-17)14-6-5-11(9-18)19-14/h1-9H,15H2. The zero-order chi connectivity index (χ0) is 13.2. The van der Waals surface area contributed by atoms with Crippen LogP contribution in [-0.4, -0.2) is 16.1 Å². The third-order valence-electron chi connectivity index (χ3n) is 2.79. The third kappa shape index (κ3) is 2.01. The summed E-state index contributed by atoms with van der Waals surface area (Å²) in [7, 11) is 0. The molecule has 0 saturated carbocycles. The maximum absolute atomic E-state index is 10.6. The number of carbonyl (C=O) groups excluding carboxylic acids is 1. The molecule has 0 atom stereocenters. The molecule has 2 aromatic heterocycles. The van der Waals surface area contributed by atoms with Gasteiger partial charge in [-0.15, -0.1) is 0 Å². The predicted octanol–water partition coefficient (Wildman–Crippen LogP) is 2.53. The molecule has 2 heterocycles. The van der Waals surface area contributed by atoms with Crippen LogP contribution in [0.3, 0.4) is 0 Å². The highest BCUT2D eigenvalue weighted by Crippen LogP contribution is 2.23. The molecule has 5 heteroatoms. The van der Waals surface area contributed by atoms with Crippen LogP contribution in [0.5, 0.6) is 0 Å². The van der Waals surface area contributed by atoms with Gasteiger partial charge in [0.25, 0.3) is 0 Å². The molecule has 94 valence electrons. The highest BCUT2D eigenvalue weighted by molar-refractivity contribution is 5.72. The van der Waals surface area contributed by atoms with Gasteiger partial charge in [-0.25, -0.2) is 4.68 Å². The Bertz CT molecular complexity index is 728. The molecule has 0 aliphatic carbocycles. The van der Waals surface area contributed by atoms with Crippen molar-refractivity contribution in [2.45, 2.75) is 0 Å². The van der Waals surface area contributed by atoms with E-state index in [-0.39, 0.29) is 0 Å². The van der Waals surface area contributed by atoms with Gasteiger partial charge >= 0.3 is 0 Å². The zero-order valence-corrected chi connectivity index (χ0v) is 9.98. The number of carbonyl (C=O) groups is 1. The number of aromatic nitrogens is 2. The number of benzene rings is 1. The first-order valence-corrected chi connectivity index (χ1v) is 5.73. The fourth-order valence-electron chi connectivity index (χ4n) is 1.85. The van der Waals surface area contributed by atoms with E-state index in [1.165, 1.54) is 0 Å². The van der Waals surface area contributed by atoms with E-state index in [0.717, 1.165) is 11.3 Å². The van der Waals surface area contributed by atoms with E-state index in [0.29, 0.717) is 23.5 Å². The number of rotatable bonds is 3. The van der Waals surface area contributed by atoms with Crippen LogP contribution >= 0.6 is 0 Å². The summed E-state index contributed by atoms with van der Waals surface area (Å²) in [6.07, 6.45) is 4.14. The highest BCUT2D eigenvalue weighted by Gasteiger charge is 2.08. The molecule has 0 aliphatic rings. The first-order valence-electron chi connectivity index (χ1n) is 5.73. The molecule has 5 nitrogen and oxygen atoms in total. The fourth-order valence-corrected chi connectivity index (χ4v) is 1.85. The molecule has 0 aliphatic heterocycles. The van der Waals surface area contributed by atoms with Crippen LogP contribution in [0.25, 0.3) is 17.0 Å². The van der Waals surface area contributed by atoms with Gasteiger partial charge in [-0.1, -0.05) is 12.1 Å². The minimum atomic E-state index is 0.293. The minimum absolute atomic E-state index is 0.293. The quantitative estimate of drug-likeness (QED) is 0.575. The average Bonchev–Trinajstić information content (AvgIpc) is 3.08. The summed E-state index contributed by atoms with van der Waals surface area (Å²) in [6, 6.07) is 10.8. The van der Waals surface area contributed by atoms with Crippen molar-refractivity contribution in [3.8, 4) is 17.0 Å². The summed E-state index contributed by atoms with van der Waals surface area (Å²) >= 11 is 0. The predicted molar refractivity (Wildman–Crippen MR) is 71.1 cm³/mol. The largest absolute Gasteiger partial charge is 0.453 e. The number of anilines is 1. The topological polar surface area (TPSA) is 74.0 Å². The lowest BCUT2D eigenvalue weighted by Crippen LogP contribution is -1.99. The summed E-state index contributed by atoms with van der Waals surface area (Å²) in [4.78, 5) is 10.6. The lowest BCUT2D eigenvalue weighted by atomic mass is 10.2. The Morgan fingerprint density at radius 3 is 2.79 bits per heavy atom. The van der Waals surface area contributed by atoms with Gasteiger partial charge in [0.2, 0.25) is 0 Å². The van der Waals surface area contributed by atoms with E-state index in [1.54, 1.807) is 29.2 Å². The zero-order valence-electron chi connectivity index (χ0n) is 9.98. The van der Waals surface area contributed by atoms with Crippen molar-refractivity contribution in [1.29, 1.82) is 0 Å². The molecule has 0 fully saturated rings. The van der Waals surface area contributed by atoms with Gasteiger partial charge in [0, 0.05) is 6.20 Å². The van der Waals surface area contributed by atoms with Crippen LogP contribution in [0.4, 0.5) is 5.69 Å². The molecule has 0 bridgehead atoms.